The molecule has 1 aliphatic rings. The van der Waals surface area contributed by atoms with Crippen LogP contribution in [0.15, 0.2) is 42.5 Å². The number of rotatable bonds is 2. The summed E-state index contributed by atoms with van der Waals surface area (Å²) in [6.45, 7) is 7.01. The highest BCUT2D eigenvalue weighted by molar-refractivity contribution is 7.18. The summed E-state index contributed by atoms with van der Waals surface area (Å²) in [6, 6.07) is 15.9. The molecule has 3 heteroatoms. The van der Waals surface area contributed by atoms with Crippen LogP contribution in [0, 0.1) is 0 Å². The molecule has 0 spiro atoms. The van der Waals surface area contributed by atoms with Gasteiger partial charge >= 0.3 is 0 Å². The lowest BCUT2D eigenvalue weighted by Crippen LogP contribution is -2.36. The molecule has 0 bridgehead atoms. The Kier molecular flexibility index (Phi) is 3.73. The van der Waals surface area contributed by atoms with Gasteiger partial charge in [0.05, 0.1) is 0 Å². The maximum Gasteiger partial charge on any atom is 0.262 e. The van der Waals surface area contributed by atoms with Gasteiger partial charge in [-0.15, -0.1) is 0 Å². The molecule has 128 valence electrons. The van der Waals surface area contributed by atoms with E-state index in [9.17, 15) is 0 Å². The van der Waals surface area contributed by atoms with Crippen LogP contribution in [0.1, 0.15) is 36.9 Å². The molecule has 1 aliphatic heterocycles. The molecule has 25 heavy (non-hydrogen) atoms. The van der Waals surface area contributed by atoms with Gasteiger partial charge in [0.2, 0.25) is 5.52 Å². The maximum absolute atomic E-state index is 2.40. The van der Waals surface area contributed by atoms with Crippen LogP contribution in [0.4, 0.5) is 5.69 Å². The van der Waals surface area contributed by atoms with Crippen molar-refractivity contribution >= 4 is 39.4 Å². The maximum atomic E-state index is 2.40. The van der Waals surface area contributed by atoms with E-state index < -0.39 is 0 Å². The molecule has 1 aromatic heterocycles. The third-order valence-corrected chi connectivity index (χ3v) is 7.09. The number of nitrogens with zero attached hydrogens (tertiary/aromatic N) is 2. The van der Waals surface area contributed by atoms with Gasteiger partial charge in [0.15, 0.2) is 0 Å². The molecular formula is C22H25N2S+. The summed E-state index contributed by atoms with van der Waals surface area (Å²) in [5.41, 5.74) is 5.55. The van der Waals surface area contributed by atoms with E-state index in [2.05, 4.69) is 99.0 Å². The van der Waals surface area contributed by atoms with Gasteiger partial charge in [-0.3, -0.25) is 0 Å². The quantitative estimate of drug-likeness (QED) is 0.590. The van der Waals surface area contributed by atoms with Crippen LogP contribution < -0.4 is 9.47 Å². The van der Waals surface area contributed by atoms with Gasteiger partial charge in [-0.2, -0.15) is 4.57 Å². The van der Waals surface area contributed by atoms with Crippen molar-refractivity contribution in [3.63, 3.8) is 0 Å². The van der Waals surface area contributed by atoms with E-state index in [0.29, 0.717) is 6.04 Å². The second kappa shape index (κ2) is 5.70. The number of para-hydroxylation sites is 1. The molecule has 0 saturated heterocycles. The average molecular weight is 350 g/mol. The lowest BCUT2D eigenvalue weighted by atomic mass is 9.81. The van der Waals surface area contributed by atoms with E-state index in [4.69, 9.17) is 0 Å². The van der Waals surface area contributed by atoms with Crippen LogP contribution in [0.2, 0.25) is 0 Å². The standard InChI is InChI=1S/C22H25N2S/c1-15-22(2,3)17-14-16(10-12-18(17)23(15)4)11-13-21-24(5)19-8-6-7-9-20(19)25-21/h6-15H,1-5H3/q+1. The van der Waals surface area contributed by atoms with Crippen molar-refractivity contribution in [3.05, 3.63) is 58.6 Å². The first-order chi connectivity index (χ1) is 11.9. The summed E-state index contributed by atoms with van der Waals surface area (Å²) in [4.78, 5) is 2.40. The van der Waals surface area contributed by atoms with Crippen molar-refractivity contribution in [2.24, 2.45) is 7.05 Å². The molecule has 1 atom stereocenters. The Balaban J connectivity index is 1.71. The SMILES string of the molecule is CC1N(C)c2ccc(C=Cc3sc4ccccc4[n+]3C)cc2C1(C)C. The number of hydrogen-bond acceptors (Lipinski definition) is 2. The second-order valence-electron chi connectivity index (χ2n) is 7.59. The van der Waals surface area contributed by atoms with Gasteiger partial charge in [-0.1, -0.05) is 43.4 Å². The third-order valence-electron chi connectivity index (χ3n) is 5.91. The Morgan fingerprint density at radius 3 is 2.64 bits per heavy atom. The van der Waals surface area contributed by atoms with Crippen LogP contribution in [0.5, 0.6) is 0 Å². The van der Waals surface area contributed by atoms with E-state index in [-0.39, 0.29) is 5.41 Å². The molecule has 4 rings (SSSR count). The van der Waals surface area contributed by atoms with Crippen LogP contribution >= 0.6 is 11.3 Å². The number of hydrogen-bond donors (Lipinski definition) is 0. The molecule has 0 fully saturated rings. The Bertz CT molecular complexity index is 981. The molecule has 0 N–H and O–H groups in total. The minimum Gasteiger partial charge on any atom is -0.371 e. The topological polar surface area (TPSA) is 7.12 Å². The molecule has 2 heterocycles. The summed E-state index contributed by atoms with van der Waals surface area (Å²) >= 11 is 1.84. The summed E-state index contributed by atoms with van der Waals surface area (Å²) in [5, 5.41) is 1.27. The van der Waals surface area contributed by atoms with E-state index >= 15 is 0 Å². The first-order valence-electron chi connectivity index (χ1n) is 8.82. The molecule has 0 amide bonds. The van der Waals surface area contributed by atoms with Gasteiger partial charge in [-0.05, 0) is 42.3 Å². The fourth-order valence-corrected chi connectivity index (χ4v) is 4.89. The Labute approximate surface area is 154 Å². The molecule has 0 saturated carbocycles. The zero-order valence-corrected chi connectivity index (χ0v) is 16.4. The fraction of sp³-hybridized carbons (Fsp3) is 0.318. The highest BCUT2D eigenvalue weighted by Crippen LogP contribution is 2.44. The smallest absolute Gasteiger partial charge is 0.262 e. The van der Waals surface area contributed by atoms with E-state index in [1.54, 1.807) is 0 Å². The van der Waals surface area contributed by atoms with Gasteiger partial charge in [0.1, 0.15) is 11.7 Å². The number of benzene rings is 2. The molecule has 3 aromatic rings. The zero-order chi connectivity index (χ0) is 17.8. The number of aromatic nitrogens is 1. The summed E-state index contributed by atoms with van der Waals surface area (Å²) < 4.78 is 3.60. The van der Waals surface area contributed by atoms with E-state index in [0.717, 1.165) is 0 Å². The number of thiazole rings is 1. The predicted octanol–water partition coefficient (Wildman–Crippen LogP) is 5.01. The lowest BCUT2D eigenvalue weighted by Gasteiger charge is -2.28. The summed E-state index contributed by atoms with van der Waals surface area (Å²) in [6.07, 6.45) is 4.48. The van der Waals surface area contributed by atoms with Gasteiger partial charge in [-0.25, -0.2) is 0 Å². The zero-order valence-electron chi connectivity index (χ0n) is 15.6. The Morgan fingerprint density at radius 1 is 1.12 bits per heavy atom. The Hall–Kier alpha value is -2.13. The first kappa shape index (κ1) is 16.3. The minimum absolute atomic E-state index is 0.177. The highest BCUT2D eigenvalue weighted by Gasteiger charge is 2.39. The molecule has 0 aliphatic carbocycles. The van der Waals surface area contributed by atoms with Crippen molar-refractivity contribution in [2.75, 3.05) is 11.9 Å². The van der Waals surface area contributed by atoms with Crippen molar-refractivity contribution < 1.29 is 4.57 Å². The second-order valence-corrected chi connectivity index (χ2v) is 8.65. The van der Waals surface area contributed by atoms with Gasteiger partial charge in [0.25, 0.3) is 5.01 Å². The largest absolute Gasteiger partial charge is 0.371 e. The third kappa shape index (κ3) is 2.49. The normalized spacial score (nSPS) is 19.1. The van der Waals surface area contributed by atoms with E-state index in [1.807, 2.05) is 11.3 Å². The molecular weight excluding hydrogens is 324 g/mol. The van der Waals surface area contributed by atoms with Crippen molar-refractivity contribution in [3.8, 4) is 0 Å². The first-order valence-corrected chi connectivity index (χ1v) is 9.64. The fourth-order valence-electron chi connectivity index (χ4n) is 3.83. The number of anilines is 1. The summed E-state index contributed by atoms with van der Waals surface area (Å²) in [7, 11) is 4.34. The van der Waals surface area contributed by atoms with Crippen LogP contribution in [0.25, 0.3) is 22.4 Å². The van der Waals surface area contributed by atoms with Crippen LogP contribution in [-0.4, -0.2) is 13.1 Å². The predicted molar refractivity (Wildman–Crippen MR) is 109 cm³/mol. The number of likely N-dealkylation sites (N-methyl/N-ethyl adjacent to an activating group) is 1. The van der Waals surface area contributed by atoms with E-state index in [1.165, 1.54) is 32.0 Å². The van der Waals surface area contributed by atoms with Crippen LogP contribution in [-0.2, 0) is 12.5 Å². The van der Waals surface area contributed by atoms with Crippen LogP contribution in [0.3, 0.4) is 0 Å². The monoisotopic (exact) mass is 349 g/mol. The molecule has 2 nitrogen and oxygen atoms in total. The average Bonchev–Trinajstić information content (AvgIpc) is 3.02. The summed E-state index contributed by atoms with van der Waals surface area (Å²) in [5.74, 6) is 0. The highest BCUT2D eigenvalue weighted by atomic mass is 32.1. The minimum atomic E-state index is 0.177. The number of aryl methyl sites for hydroxylation is 1. The van der Waals surface area contributed by atoms with Gasteiger partial charge in [0, 0.05) is 36.3 Å². The lowest BCUT2D eigenvalue weighted by molar-refractivity contribution is -0.642. The molecule has 1 unspecified atom stereocenters. The van der Waals surface area contributed by atoms with Crippen molar-refractivity contribution in [2.45, 2.75) is 32.2 Å². The van der Waals surface area contributed by atoms with Crippen molar-refractivity contribution in [1.29, 1.82) is 0 Å². The number of fused-ring (bicyclic) bond motifs is 2. The molecule has 0 radical (unpaired) electrons. The van der Waals surface area contributed by atoms with Crippen molar-refractivity contribution in [1.82, 2.24) is 0 Å². The molecule has 2 aromatic carbocycles. The Morgan fingerprint density at radius 2 is 1.88 bits per heavy atom. The van der Waals surface area contributed by atoms with Gasteiger partial charge < -0.3 is 4.90 Å².